The quantitative estimate of drug-likeness (QED) is 0.848. The number of nitrogens with zero attached hydrogens (tertiary/aromatic N) is 2. The van der Waals surface area contributed by atoms with Crippen LogP contribution in [0, 0.1) is 0 Å². The third-order valence-corrected chi connectivity index (χ3v) is 3.60. The fraction of sp³-hybridized carbons (Fsp3) is 0.429. The molecule has 1 aromatic heterocycles. The van der Waals surface area contributed by atoms with Crippen LogP contribution in [0.15, 0.2) is 30.5 Å². The molecule has 1 saturated carbocycles. The van der Waals surface area contributed by atoms with Gasteiger partial charge in [0.25, 0.3) is 0 Å². The molecule has 1 fully saturated rings. The first kappa shape index (κ1) is 11.4. The van der Waals surface area contributed by atoms with Crippen LogP contribution in [0.5, 0.6) is 0 Å². The summed E-state index contributed by atoms with van der Waals surface area (Å²) in [6.45, 7) is 0. The van der Waals surface area contributed by atoms with Gasteiger partial charge in [-0.1, -0.05) is 25.0 Å². The van der Waals surface area contributed by atoms with E-state index >= 15 is 0 Å². The molecule has 1 aliphatic carbocycles. The first-order valence-electron chi connectivity index (χ1n) is 6.57. The van der Waals surface area contributed by atoms with Crippen LogP contribution in [-0.2, 0) is 0 Å². The highest BCUT2D eigenvalue weighted by Crippen LogP contribution is 2.20. The molecule has 18 heavy (non-hydrogen) atoms. The SMILES string of the molecule is N[C@@H]1CCCC[C@H]1Nc1cnc2ccccc2n1. The van der Waals surface area contributed by atoms with Gasteiger partial charge in [-0.05, 0) is 25.0 Å². The highest BCUT2D eigenvalue weighted by atomic mass is 15.1. The summed E-state index contributed by atoms with van der Waals surface area (Å²) in [6, 6.07) is 8.46. The van der Waals surface area contributed by atoms with Crippen LogP contribution in [0.1, 0.15) is 25.7 Å². The average molecular weight is 242 g/mol. The zero-order chi connectivity index (χ0) is 12.4. The zero-order valence-electron chi connectivity index (χ0n) is 10.3. The van der Waals surface area contributed by atoms with Gasteiger partial charge in [0.05, 0.1) is 17.2 Å². The lowest BCUT2D eigenvalue weighted by molar-refractivity contribution is 0.403. The van der Waals surface area contributed by atoms with Gasteiger partial charge >= 0.3 is 0 Å². The van der Waals surface area contributed by atoms with Crippen molar-refractivity contribution in [2.75, 3.05) is 5.32 Å². The average Bonchev–Trinajstić information content (AvgIpc) is 2.41. The Labute approximate surface area is 107 Å². The number of aromatic nitrogens is 2. The number of benzene rings is 1. The Morgan fingerprint density at radius 1 is 1.11 bits per heavy atom. The van der Waals surface area contributed by atoms with Gasteiger partial charge < -0.3 is 11.1 Å². The molecular weight excluding hydrogens is 224 g/mol. The minimum Gasteiger partial charge on any atom is -0.364 e. The standard InChI is InChI=1S/C14H18N4/c15-10-5-1-2-6-11(10)17-14-9-16-12-7-3-4-8-13(12)18-14/h3-4,7-11H,1-2,5-6,15H2,(H,17,18)/t10-,11-/m1/s1. The Kier molecular flexibility index (Phi) is 3.11. The number of nitrogens with one attached hydrogen (secondary N) is 1. The molecule has 0 unspecified atom stereocenters. The van der Waals surface area contributed by atoms with Crippen molar-refractivity contribution in [1.29, 1.82) is 0 Å². The Morgan fingerprint density at radius 2 is 1.89 bits per heavy atom. The van der Waals surface area contributed by atoms with Crippen molar-refractivity contribution in [3.05, 3.63) is 30.5 Å². The van der Waals surface area contributed by atoms with Crippen LogP contribution < -0.4 is 11.1 Å². The number of para-hydroxylation sites is 2. The largest absolute Gasteiger partial charge is 0.364 e. The maximum atomic E-state index is 6.13. The first-order chi connectivity index (χ1) is 8.83. The maximum Gasteiger partial charge on any atom is 0.145 e. The predicted octanol–water partition coefficient (Wildman–Crippen LogP) is 2.31. The molecule has 0 amide bonds. The molecule has 1 heterocycles. The number of hydrogen-bond acceptors (Lipinski definition) is 4. The summed E-state index contributed by atoms with van der Waals surface area (Å²) in [5.74, 6) is 0.830. The predicted molar refractivity (Wildman–Crippen MR) is 73.4 cm³/mol. The van der Waals surface area contributed by atoms with Gasteiger partial charge in [0.2, 0.25) is 0 Å². The Hall–Kier alpha value is -1.68. The van der Waals surface area contributed by atoms with Crippen LogP contribution in [0.4, 0.5) is 5.82 Å². The summed E-state index contributed by atoms with van der Waals surface area (Å²) in [4.78, 5) is 8.98. The summed E-state index contributed by atoms with van der Waals surface area (Å²) >= 11 is 0. The molecule has 4 nitrogen and oxygen atoms in total. The zero-order valence-corrected chi connectivity index (χ0v) is 10.3. The fourth-order valence-corrected chi connectivity index (χ4v) is 2.56. The summed E-state index contributed by atoms with van der Waals surface area (Å²) in [7, 11) is 0. The van der Waals surface area contributed by atoms with E-state index in [1.807, 2.05) is 24.3 Å². The van der Waals surface area contributed by atoms with Crippen LogP contribution >= 0.6 is 0 Å². The van der Waals surface area contributed by atoms with Crippen molar-refractivity contribution in [2.45, 2.75) is 37.8 Å². The van der Waals surface area contributed by atoms with E-state index in [1.165, 1.54) is 12.8 Å². The Bertz CT molecular complexity index is 540. The smallest absolute Gasteiger partial charge is 0.145 e. The van der Waals surface area contributed by atoms with Crippen molar-refractivity contribution >= 4 is 16.9 Å². The van der Waals surface area contributed by atoms with Crippen molar-refractivity contribution in [2.24, 2.45) is 5.73 Å². The van der Waals surface area contributed by atoms with Crippen molar-refractivity contribution < 1.29 is 0 Å². The number of fused-ring (bicyclic) bond motifs is 1. The van der Waals surface area contributed by atoms with Gasteiger partial charge in [-0.2, -0.15) is 0 Å². The first-order valence-corrected chi connectivity index (χ1v) is 6.57. The molecule has 3 N–H and O–H groups in total. The minimum atomic E-state index is 0.229. The van der Waals surface area contributed by atoms with E-state index in [0.29, 0.717) is 6.04 Å². The normalized spacial score (nSPS) is 24.1. The second-order valence-electron chi connectivity index (χ2n) is 4.94. The molecule has 1 aliphatic rings. The van der Waals surface area contributed by atoms with Gasteiger partial charge in [-0.15, -0.1) is 0 Å². The molecule has 94 valence electrons. The molecule has 2 atom stereocenters. The lowest BCUT2D eigenvalue weighted by Crippen LogP contribution is -2.42. The summed E-state index contributed by atoms with van der Waals surface area (Å²) in [6.07, 6.45) is 6.49. The number of nitrogens with two attached hydrogens (primary N) is 1. The second kappa shape index (κ2) is 4.90. The van der Waals surface area contributed by atoms with E-state index in [2.05, 4.69) is 15.3 Å². The Morgan fingerprint density at radius 3 is 2.72 bits per heavy atom. The molecule has 0 radical (unpaired) electrons. The third-order valence-electron chi connectivity index (χ3n) is 3.60. The van der Waals surface area contributed by atoms with Crippen molar-refractivity contribution in [3.8, 4) is 0 Å². The van der Waals surface area contributed by atoms with Gasteiger partial charge in [0, 0.05) is 12.1 Å². The van der Waals surface area contributed by atoms with Crippen molar-refractivity contribution in [3.63, 3.8) is 0 Å². The highest BCUT2D eigenvalue weighted by Gasteiger charge is 2.21. The van der Waals surface area contributed by atoms with Gasteiger partial charge in [0.1, 0.15) is 5.82 Å². The van der Waals surface area contributed by atoms with E-state index < -0.39 is 0 Å². The van der Waals surface area contributed by atoms with E-state index in [0.717, 1.165) is 29.7 Å². The third kappa shape index (κ3) is 2.29. The molecule has 1 aromatic carbocycles. The highest BCUT2D eigenvalue weighted by molar-refractivity contribution is 5.75. The van der Waals surface area contributed by atoms with E-state index in [1.54, 1.807) is 6.20 Å². The van der Waals surface area contributed by atoms with Crippen LogP contribution in [0.3, 0.4) is 0 Å². The molecular formula is C14H18N4. The molecule has 0 saturated heterocycles. The van der Waals surface area contributed by atoms with Gasteiger partial charge in [-0.3, -0.25) is 4.98 Å². The summed E-state index contributed by atoms with van der Waals surface area (Å²) < 4.78 is 0. The Balaban J connectivity index is 1.81. The monoisotopic (exact) mass is 242 g/mol. The van der Waals surface area contributed by atoms with E-state index in [4.69, 9.17) is 5.73 Å². The van der Waals surface area contributed by atoms with E-state index in [9.17, 15) is 0 Å². The van der Waals surface area contributed by atoms with Crippen LogP contribution in [-0.4, -0.2) is 22.1 Å². The maximum absolute atomic E-state index is 6.13. The summed E-state index contributed by atoms with van der Waals surface area (Å²) in [5, 5.41) is 3.42. The lowest BCUT2D eigenvalue weighted by atomic mass is 9.91. The number of anilines is 1. The van der Waals surface area contributed by atoms with Crippen LogP contribution in [0.2, 0.25) is 0 Å². The van der Waals surface area contributed by atoms with E-state index in [-0.39, 0.29) is 6.04 Å². The van der Waals surface area contributed by atoms with Crippen molar-refractivity contribution in [1.82, 2.24) is 9.97 Å². The molecule has 3 rings (SSSR count). The molecule has 2 aromatic rings. The van der Waals surface area contributed by atoms with Gasteiger partial charge in [0.15, 0.2) is 0 Å². The molecule has 0 bridgehead atoms. The fourth-order valence-electron chi connectivity index (χ4n) is 2.56. The molecule has 0 aliphatic heterocycles. The number of hydrogen-bond donors (Lipinski definition) is 2. The van der Waals surface area contributed by atoms with Gasteiger partial charge in [-0.25, -0.2) is 4.98 Å². The van der Waals surface area contributed by atoms with Crippen LogP contribution in [0.25, 0.3) is 11.0 Å². The second-order valence-corrected chi connectivity index (χ2v) is 4.94. The topological polar surface area (TPSA) is 63.8 Å². The number of rotatable bonds is 2. The molecule has 0 spiro atoms. The minimum absolute atomic E-state index is 0.229. The lowest BCUT2D eigenvalue weighted by Gasteiger charge is -2.29. The molecule has 4 heteroatoms. The summed E-state index contributed by atoms with van der Waals surface area (Å²) in [5.41, 5.74) is 7.98.